The Morgan fingerprint density at radius 1 is 1.56 bits per heavy atom. The van der Waals surface area contributed by atoms with Crippen LogP contribution in [0.2, 0.25) is 0 Å². The number of carbonyl (C=O) groups excluding carboxylic acids is 1. The molecule has 2 aliphatic heterocycles. The van der Waals surface area contributed by atoms with Crippen molar-refractivity contribution in [3.8, 4) is 0 Å². The van der Waals surface area contributed by atoms with Gasteiger partial charge in [-0.3, -0.25) is 20.0 Å². The van der Waals surface area contributed by atoms with Crippen LogP contribution in [0.5, 0.6) is 0 Å². The molecule has 3 aliphatic rings. The molecule has 0 bridgehead atoms. The maximum absolute atomic E-state index is 12.1. The number of hydrogen-bond acceptors (Lipinski definition) is 4. The number of aliphatic imine (C=N–C) groups is 1. The standard InChI is InChI=1S/C12H20N4O2/c1-18-7-5-13-11-14-10(17)12(15-11)4-6-16(8-12)9-2-3-9/h9H,2-8H2,1H3,(H2,13,14,15,17). The molecule has 6 heteroatoms. The third-order valence-corrected chi connectivity index (χ3v) is 3.95. The molecular formula is C12H20N4O2. The Hall–Kier alpha value is -1.14. The van der Waals surface area contributed by atoms with Crippen LogP contribution in [-0.2, 0) is 9.53 Å². The summed E-state index contributed by atoms with van der Waals surface area (Å²) in [4.78, 5) is 18.8. The zero-order chi connectivity index (χ0) is 12.6. The molecule has 0 aromatic heterocycles. The summed E-state index contributed by atoms with van der Waals surface area (Å²) in [5, 5.41) is 6.12. The largest absolute Gasteiger partial charge is 0.383 e. The fourth-order valence-corrected chi connectivity index (χ4v) is 2.75. The molecule has 1 amide bonds. The van der Waals surface area contributed by atoms with Crippen molar-refractivity contribution in [1.82, 2.24) is 15.5 Å². The number of carbonyl (C=O) groups is 1. The second-order valence-electron chi connectivity index (χ2n) is 5.34. The number of nitrogens with one attached hydrogen (secondary N) is 2. The van der Waals surface area contributed by atoms with E-state index >= 15 is 0 Å². The van der Waals surface area contributed by atoms with Gasteiger partial charge in [0.2, 0.25) is 0 Å². The Morgan fingerprint density at radius 3 is 3.11 bits per heavy atom. The molecule has 100 valence electrons. The number of hydrogen-bond donors (Lipinski definition) is 2. The number of ether oxygens (including phenoxy) is 1. The monoisotopic (exact) mass is 252 g/mol. The quantitative estimate of drug-likeness (QED) is 0.650. The van der Waals surface area contributed by atoms with E-state index in [0.717, 1.165) is 19.5 Å². The molecule has 3 fully saturated rings. The van der Waals surface area contributed by atoms with Crippen LogP contribution in [0.25, 0.3) is 0 Å². The number of nitrogens with zero attached hydrogens (tertiary/aromatic N) is 2. The van der Waals surface area contributed by atoms with E-state index in [1.54, 1.807) is 7.11 Å². The fourth-order valence-electron chi connectivity index (χ4n) is 2.75. The van der Waals surface area contributed by atoms with E-state index in [9.17, 15) is 4.79 Å². The molecule has 3 rings (SSSR count). The first-order valence-electron chi connectivity index (χ1n) is 6.61. The Kier molecular flexibility index (Phi) is 2.99. The van der Waals surface area contributed by atoms with E-state index in [1.807, 2.05) is 0 Å². The van der Waals surface area contributed by atoms with Gasteiger partial charge in [0.25, 0.3) is 5.91 Å². The summed E-state index contributed by atoms with van der Waals surface area (Å²) in [6, 6.07) is 0.716. The molecule has 1 saturated carbocycles. The van der Waals surface area contributed by atoms with Gasteiger partial charge in [-0.15, -0.1) is 0 Å². The molecule has 0 aromatic rings. The summed E-state index contributed by atoms with van der Waals surface area (Å²) in [7, 11) is 1.65. The molecule has 2 N–H and O–H groups in total. The molecule has 1 atom stereocenters. The summed E-state index contributed by atoms with van der Waals surface area (Å²) in [6.45, 7) is 2.97. The molecular weight excluding hydrogens is 232 g/mol. The Balaban J connectivity index is 1.63. The summed E-state index contributed by atoms with van der Waals surface area (Å²) in [5.41, 5.74) is -0.436. The van der Waals surface area contributed by atoms with Gasteiger partial charge in [0.15, 0.2) is 5.96 Å². The minimum atomic E-state index is -0.436. The van der Waals surface area contributed by atoms with Gasteiger partial charge in [-0.1, -0.05) is 0 Å². The molecule has 2 saturated heterocycles. The van der Waals surface area contributed by atoms with Gasteiger partial charge < -0.3 is 10.1 Å². The molecule has 0 radical (unpaired) electrons. The predicted molar refractivity (Wildman–Crippen MR) is 67.4 cm³/mol. The van der Waals surface area contributed by atoms with Crippen LogP contribution in [0, 0.1) is 0 Å². The summed E-state index contributed by atoms with van der Waals surface area (Å²) in [6.07, 6.45) is 3.44. The van der Waals surface area contributed by atoms with E-state index in [1.165, 1.54) is 12.8 Å². The number of guanidine groups is 1. The van der Waals surface area contributed by atoms with Crippen LogP contribution >= 0.6 is 0 Å². The molecule has 1 aliphatic carbocycles. The third kappa shape index (κ3) is 2.10. The highest BCUT2D eigenvalue weighted by molar-refractivity contribution is 6.09. The topological polar surface area (TPSA) is 66.0 Å². The van der Waals surface area contributed by atoms with Crippen LogP contribution in [0.3, 0.4) is 0 Å². The van der Waals surface area contributed by atoms with Gasteiger partial charge in [-0.25, -0.2) is 0 Å². The van der Waals surface area contributed by atoms with E-state index in [2.05, 4.69) is 20.5 Å². The van der Waals surface area contributed by atoms with Crippen molar-refractivity contribution < 1.29 is 9.53 Å². The van der Waals surface area contributed by atoms with Crippen molar-refractivity contribution in [2.45, 2.75) is 30.8 Å². The molecule has 0 aromatic carbocycles. The van der Waals surface area contributed by atoms with Crippen molar-refractivity contribution in [2.75, 3.05) is 33.4 Å². The van der Waals surface area contributed by atoms with Crippen LogP contribution < -0.4 is 10.6 Å². The lowest BCUT2D eigenvalue weighted by Gasteiger charge is -2.21. The Labute approximate surface area is 107 Å². The average Bonchev–Trinajstić information content (AvgIpc) is 3.05. The minimum Gasteiger partial charge on any atom is -0.383 e. The zero-order valence-electron chi connectivity index (χ0n) is 10.7. The van der Waals surface area contributed by atoms with Crippen molar-refractivity contribution in [1.29, 1.82) is 0 Å². The predicted octanol–water partition coefficient (Wildman–Crippen LogP) is -0.685. The number of methoxy groups -OCH3 is 1. The third-order valence-electron chi connectivity index (χ3n) is 3.95. The highest BCUT2D eigenvalue weighted by Crippen LogP contribution is 2.34. The van der Waals surface area contributed by atoms with Crippen LogP contribution in [0.15, 0.2) is 4.99 Å². The van der Waals surface area contributed by atoms with Crippen LogP contribution in [0.1, 0.15) is 19.3 Å². The molecule has 1 spiro atoms. The number of amides is 1. The highest BCUT2D eigenvalue weighted by Gasteiger charge is 2.51. The van der Waals surface area contributed by atoms with Crippen molar-refractivity contribution in [3.63, 3.8) is 0 Å². The molecule has 18 heavy (non-hydrogen) atoms. The van der Waals surface area contributed by atoms with Crippen LogP contribution in [0.4, 0.5) is 0 Å². The summed E-state index contributed by atoms with van der Waals surface area (Å²) >= 11 is 0. The smallest absolute Gasteiger partial charge is 0.253 e. The Morgan fingerprint density at radius 2 is 2.39 bits per heavy atom. The molecule has 2 heterocycles. The first-order valence-corrected chi connectivity index (χ1v) is 6.61. The lowest BCUT2D eigenvalue weighted by molar-refractivity contribution is -0.123. The maximum Gasteiger partial charge on any atom is 0.253 e. The molecule has 1 unspecified atom stereocenters. The lowest BCUT2D eigenvalue weighted by Crippen LogP contribution is -2.49. The van der Waals surface area contributed by atoms with Crippen LogP contribution in [-0.4, -0.2) is 61.7 Å². The van der Waals surface area contributed by atoms with E-state index in [0.29, 0.717) is 25.2 Å². The Bertz CT molecular complexity index is 380. The summed E-state index contributed by atoms with van der Waals surface area (Å²) < 4.78 is 4.95. The zero-order valence-corrected chi connectivity index (χ0v) is 10.7. The maximum atomic E-state index is 12.1. The SMILES string of the molecule is COCCN=C1NC(=O)C2(CCN(C3CC3)C2)N1. The van der Waals surface area contributed by atoms with Crippen molar-refractivity contribution in [3.05, 3.63) is 0 Å². The lowest BCUT2D eigenvalue weighted by atomic mass is 10.00. The average molecular weight is 252 g/mol. The van der Waals surface area contributed by atoms with Gasteiger partial charge in [-0.2, -0.15) is 0 Å². The fraction of sp³-hybridized carbons (Fsp3) is 0.833. The summed E-state index contributed by atoms with van der Waals surface area (Å²) in [5.74, 6) is 0.677. The van der Waals surface area contributed by atoms with E-state index in [-0.39, 0.29) is 5.91 Å². The molecule has 6 nitrogen and oxygen atoms in total. The van der Waals surface area contributed by atoms with Gasteiger partial charge in [0, 0.05) is 26.2 Å². The number of likely N-dealkylation sites (tertiary alicyclic amines) is 1. The normalized spacial score (nSPS) is 34.3. The first kappa shape index (κ1) is 11.9. The first-order chi connectivity index (χ1) is 8.73. The van der Waals surface area contributed by atoms with Gasteiger partial charge >= 0.3 is 0 Å². The van der Waals surface area contributed by atoms with Gasteiger partial charge in [-0.05, 0) is 19.3 Å². The van der Waals surface area contributed by atoms with Crippen molar-refractivity contribution in [2.24, 2.45) is 4.99 Å². The highest BCUT2D eigenvalue weighted by atomic mass is 16.5. The van der Waals surface area contributed by atoms with E-state index < -0.39 is 5.54 Å². The minimum absolute atomic E-state index is 0.0711. The van der Waals surface area contributed by atoms with Crippen molar-refractivity contribution >= 4 is 11.9 Å². The second kappa shape index (κ2) is 4.51. The van der Waals surface area contributed by atoms with E-state index in [4.69, 9.17) is 4.74 Å². The second-order valence-corrected chi connectivity index (χ2v) is 5.34. The van der Waals surface area contributed by atoms with Gasteiger partial charge in [0.05, 0.1) is 13.2 Å². The number of rotatable bonds is 4. The van der Waals surface area contributed by atoms with Gasteiger partial charge in [0.1, 0.15) is 5.54 Å².